The summed E-state index contributed by atoms with van der Waals surface area (Å²) in [6.45, 7) is -0.279. The summed E-state index contributed by atoms with van der Waals surface area (Å²) in [4.78, 5) is 3.70. The molecule has 2 nitrogen and oxygen atoms in total. The molecule has 0 aromatic carbocycles. The van der Waals surface area contributed by atoms with Crippen LogP contribution in [0.2, 0.25) is 0 Å². The van der Waals surface area contributed by atoms with E-state index in [0.717, 1.165) is 0 Å². The van der Waals surface area contributed by atoms with E-state index in [-0.39, 0.29) is 16.8 Å². The minimum Gasteiger partial charge on any atom is -0.392 e. The van der Waals surface area contributed by atoms with Crippen LogP contribution in [0, 0.1) is 3.57 Å². The maximum absolute atomic E-state index is 12.4. The van der Waals surface area contributed by atoms with Crippen molar-refractivity contribution in [2.45, 2.75) is 13.0 Å². The lowest BCUT2D eigenvalue weighted by Gasteiger charge is -2.08. The van der Waals surface area contributed by atoms with Crippen molar-refractivity contribution < 1.29 is 13.9 Å². The first-order valence-corrected chi connectivity index (χ1v) is 5.17. The molecule has 1 aromatic rings. The van der Waals surface area contributed by atoms with Crippen LogP contribution in [0.25, 0.3) is 0 Å². The molecule has 0 aliphatic heterocycles. The number of halogens is 4. The van der Waals surface area contributed by atoms with Crippen molar-refractivity contribution in [2.75, 3.05) is 0 Å². The van der Waals surface area contributed by atoms with Gasteiger partial charge in [-0.2, -0.15) is 0 Å². The number of alkyl halides is 2. The molecule has 72 valence electrons. The summed E-state index contributed by atoms with van der Waals surface area (Å²) in [5, 5.41) is 8.81. The summed E-state index contributed by atoms with van der Waals surface area (Å²) in [5.74, 6) is 0. The van der Waals surface area contributed by atoms with Gasteiger partial charge in [0.2, 0.25) is 0 Å². The van der Waals surface area contributed by atoms with Gasteiger partial charge in [-0.3, -0.25) is 0 Å². The third kappa shape index (κ3) is 2.35. The van der Waals surface area contributed by atoms with Crippen LogP contribution in [0.4, 0.5) is 8.78 Å². The van der Waals surface area contributed by atoms with Gasteiger partial charge in [-0.15, -0.1) is 0 Å². The highest BCUT2D eigenvalue weighted by atomic mass is 127. The summed E-state index contributed by atoms with van der Waals surface area (Å²) in [6, 6.07) is 0. The molecule has 0 saturated carbocycles. The van der Waals surface area contributed by atoms with Crippen molar-refractivity contribution in [3.8, 4) is 0 Å². The molecular weight excluding hydrogens is 359 g/mol. The van der Waals surface area contributed by atoms with Gasteiger partial charge in [0.05, 0.1) is 12.2 Å². The standard InChI is InChI=1S/C7H5BrF2INO/c8-6-4(7(9)10)5(11)3(2-13)1-12-6/h1,7,13H,2H2. The van der Waals surface area contributed by atoms with Crippen LogP contribution < -0.4 is 0 Å². The third-order valence-electron chi connectivity index (χ3n) is 1.46. The minimum absolute atomic E-state index is 0.129. The zero-order chi connectivity index (χ0) is 10.0. The Kier molecular flexibility index (Phi) is 3.99. The Morgan fingerprint density at radius 3 is 2.69 bits per heavy atom. The van der Waals surface area contributed by atoms with Gasteiger partial charge in [-0.25, -0.2) is 13.8 Å². The second-order valence-electron chi connectivity index (χ2n) is 2.26. The summed E-state index contributed by atoms with van der Waals surface area (Å²) in [5.41, 5.74) is 0.256. The van der Waals surface area contributed by atoms with Crippen LogP contribution in [0.15, 0.2) is 10.8 Å². The largest absolute Gasteiger partial charge is 0.392 e. The quantitative estimate of drug-likeness (QED) is 0.647. The average Bonchev–Trinajstić information content (AvgIpc) is 2.04. The predicted octanol–water partition coefficient (Wildman–Crippen LogP) is 2.88. The summed E-state index contributed by atoms with van der Waals surface area (Å²) in [7, 11) is 0. The summed E-state index contributed by atoms with van der Waals surface area (Å²) >= 11 is 4.71. The van der Waals surface area contributed by atoms with E-state index in [0.29, 0.717) is 9.13 Å². The number of aliphatic hydroxyl groups is 1. The minimum atomic E-state index is -2.58. The lowest BCUT2D eigenvalue weighted by molar-refractivity contribution is 0.148. The zero-order valence-electron chi connectivity index (χ0n) is 6.27. The number of pyridine rings is 1. The van der Waals surface area contributed by atoms with Gasteiger partial charge < -0.3 is 5.11 Å². The summed E-state index contributed by atoms with van der Waals surface area (Å²) in [6.07, 6.45) is -1.21. The molecule has 0 amide bonds. The van der Waals surface area contributed by atoms with E-state index in [4.69, 9.17) is 5.11 Å². The van der Waals surface area contributed by atoms with Crippen LogP contribution >= 0.6 is 38.5 Å². The van der Waals surface area contributed by atoms with Crippen LogP contribution in [0.5, 0.6) is 0 Å². The molecule has 0 bridgehead atoms. The van der Waals surface area contributed by atoms with Crippen molar-refractivity contribution in [1.29, 1.82) is 0 Å². The van der Waals surface area contributed by atoms with Gasteiger partial charge in [0.1, 0.15) is 4.60 Å². The fourth-order valence-corrected chi connectivity index (χ4v) is 2.47. The number of rotatable bonds is 2. The van der Waals surface area contributed by atoms with E-state index < -0.39 is 6.43 Å². The smallest absolute Gasteiger partial charge is 0.267 e. The second kappa shape index (κ2) is 4.61. The molecule has 0 unspecified atom stereocenters. The SMILES string of the molecule is OCc1cnc(Br)c(C(F)F)c1I. The van der Waals surface area contributed by atoms with Crippen molar-refractivity contribution in [2.24, 2.45) is 0 Å². The molecule has 0 atom stereocenters. The van der Waals surface area contributed by atoms with Crippen molar-refractivity contribution in [3.63, 3.8) is 0 Å². The molecule has 6 heteroatoms. The molecule has 0 fully saturated rings. The Balaban J connectivity index is 3.30. The molecule has 1 rings (SSSR count). The van der Waals surface area contributed by atoms with Gasteiger partial charge in [-0.1, -0.05) is 0 Å². The first-order valence-electron chi connectivity index (χ1n) is 3.29. The molecule has 1 N–H and O–H groups in total. The fraction of sp³-hybridized carbons (Fsp3) is 0.286. The lowest BCUT2D eigenvalue weighted by Crippen LogP contribution is -1.99. The van der Waals surface area contributed by atoms with Gasteiger partial charge in [-0.05, 0) is 38.5 Å². The van der Waals surface area contributed by atoms with Crippen molar-refractivity contribution in [3.05, 3.63) is 25.5 Å². The van der Waals surface area contributed by atoms with E-state index >= 15 is 0 Å². The van der Waals surface area contributed by atoms with Crippen molar-refractivity contribution >= 4 is 38.5 Å². The molecule has 0 radical (unpaired) electrons. The Bertz CT molecular complexity index is 322. The van der Waals surface area contributed by atoms with Crippen LogP contribution in [-0.4, -0.2) is 10.1 Å². The monoisotopic (exact) mass is 363 g/mol. The highest BCUT2D eigenvalue weighted by molar-refractivity contribution is 14.1. The Morgan fingerprint density at radius 1 is 1.62 bits per heavy atom. The van der Waals surface area contributed by atoms with Crippen molar-refractivity contribution in [1.82, 2.24) is 4.98 Å². The molecule has 1 heterocycles. The third-order valence-corrected chi connectivity index (χ3v) is 3.37. The number of hydrogen-bond acceptors (Lipinski definition) is 2. The Morgan fingerprint density at radius 2 is 2.23 bits per heavy atom. The number of nitrogens with zero attached hydrogens (tertiary/aromatic N) is 1. The van der Waals surface area contributed by atoms with E-state index in [9.17, 15) is 8.78 Å². The Labute approximate surface area is 95.6 Å². The highest BCUT2D eigenvalue weighted by Crippen LogP contribution is 2.31. The molecule has 0 spiro atoms. The lowest BCUT2D eigenvalue weighted by atomic mass is 10.2. The highest BCUT2D eigenvalue weighted by Gasteiger charge is 2.18. The number of aliphatic hydroxyl groups excluding tert-OH is 1. The van der Waals surface area contributed by atoms with E-state index in [1.807, 2.05) is 0 Å². The first kappa shape index (κ1) is 11.3. The maximum Gasteiger partial charge on any atom is 0.267 e. The zero-order valence-corrected chi connectivity index (χ0v) is 10.0. The first-order chi connectivity index (χ1) is 6.07. The van der Waals surface area contributed by atoms with Crippen LogP contribution in [-0.2, 0) is 6.61 Å². The average molecular weight is 364 g/mol. The predicted molar refractivity (Wildman–Crippen MR) is 55.5 cm³/mol. The topological polar surface area (TPSA) is 33.1 Å². The molecule has 13 heavy (non-hydrogen) atoms. The maximum atomic E-state index is 12.4. The number of aromatic nitrogens is 1. The van der Waals surface area contributed by atoms with Gasteiger partial charge in [0, 0.05) is 15.3 Å². The van der Waals surface area contributed by atoms with E-state index in [1.165, 1.54) is 6.20 Å². The van der Waals surface area contributed by atoms with Crippen LogP contribution in [0.3, 0.4) is 0 Å². The second-order valence-corrected chi connectivity index (χ2v) is 4.09. The molecular formula is C7H5BrF2INO. The van der Waals surface area contributed by atoms with Crippen LogP contribution in [0.1, 0.15) is 17.6 Å². The molecule has 0 aliphatic carbocycles. The van der Waals surface area contributed by atoms with E-state index in [2.05, 4.69) is 20.9 Å². The Hall–Kier alpha value is 0.180. The molecule has 0 aliphatic rings. The summed E-state index contributed by atoms with van der Waals surface area (Å²) < 4.78 is 25.4. The van der Waals surface area contributed by atoms with E-state index in [1.54, 1.807) is 22.6 Å². The molecule has 1 aromatic heterocycles. The van der Waals surface area contributed by atoms with Gasteiger partial charge >= 0.3 is 0 Å². The fourth-order valence-electron chi connectivity index (χ4n) is 0.820. The molecule has 0 saturated heterocycles. The van der Waals surface area contributed by atoms with Gasteiger partial charge in [0.15, 0.2) is 0 Å². The normalized spacial score (nSPS) is 10.9. The van der Waals surface area contributed by atoms with Gasteiger partial charge in [0.25, 0.3) is 6.43 Å². The number of hydrogen-bond donors (Lipinski definition) is 1.